The third-order valence-electron chi connectivity index (χ3n) is 1.64. The third kappa shape index (κ3) is 2.86. The van der Waals surface area contributed by atoms with Crippen LogP contribution in [0, 0.1) is 0 Å². The highest BCUT2D eigenvalue weighted by molar-refractivity contribution is 6.17. The highest BCUT2D eigenvalue weighted by Crippen LogP contribution is 2.09. The van der Waals surface area contributed by atoms with Crippen molar-refractivity contribution < 1.29 is 4.79 Å². The first kappa shape index (κ1) is 13.2. The third-order valence-corrected chi connectivity index (χ3v) is 1.93. The van der Waals surface area contributed by atoms with Gasteiger partial charge in [-0.1, -0.05) is 6.07 Å². The lowest BCUT2D eigenvalue weighted by Crippen LogP contribution is -2.23. The first-order valence-electron chi connectivity index (χ1n) is 3.88. The van der Waals surface area contributed by atoms with Crippen molar-refractivity contribution in [1.82, 2.24) is 9.88 Å². The molecule has 78 valence electrons. The van der Waals surface area contributed by atoms with Crippen LogP contribution in [0.4, 0.5) is 0 Å². The predicted octanol–water partition coefficient (Wildman–Crippen LogP) is 1.94. The Kier molecular flexibility index (Phi) is 5.50. The molecule has 0 aliphatic rings. The number of carbonyl (C=O) groups excluding carboxylic acids is 1. The summed E-state index contributed by atoms with van der Waals surface area (Å²) in [4.78, 5) is 17.0. The monoisotopic (exact) mass is 234 g/mol. The molecule has 0 aliphatic heterocycles. The van der Waals surface area contributed by atoms with E-state index in [4.69, 9.17) is 11.6 Å². The van der Waals surface area contributed by atoms with Gasteiger partial charge in [0.1, 0.15) is 5.69 Å². The van der Waals surface area contributed by atoms with Gasteiger partial charge in [-0.05, 0) is 11.6 Å². The van der Waals surface area contributed by atoms with E-state index in [1.165, 1.54) is 4.90 Å². The maximum absolute atomic E-state index is 11.5. The Morgan fingerprint density at radius 3 is 2.71 bits per heavy atom. The van der Waals surface area contributed by atoms with Gasteiger partial charge < -0.3 is 4.90 Å². The molecule has 0 fully saturated rings. The van der Waals surface area contributed by atoms with Crippen LogP contribution in [0.5, 0.6) is 0 Å². The van der Waals surface area contributed by atoms with E-state index in [-0.39, 0.29) is 18.3 Å². The molecule has 0 saturated carbocycles. The lowest BCUT2D eigenvalue weighted by molar-refractivity contribution is 0.0821. The fraction of sp³-hybridized carbons (Fsp3) is 0.333. The number of amides is 1. The lowest BCUT2D eigenvalue weighted by Gasteiger charge is -2.11. The first-order valence-corrected chi connectivity index (χ1v) is 4.41. The molecule has 0 aliphatic carbocycles. The van der Waals surface area contributed by atoms with Crippen molar-refractivity contribution in [2.45, 2.75) is 5.88 Å². The zero-order valence-electron chi connectivity index (χ0n) is 8.03. The Hall–Kier alpha value is -0.800. The van der Waals surface area contributed by atoms with Crippen LogP contribution in [-0.2, 0) is 5.88 Å². The largest absolute Gasteiger partial charge is 0.343 e. The number of hydrogen-bond donors (Lipinski definition) is 0. The molecule has 1 rings (SSSR count). The van der Waals surface area contributed by atoms with Crippen LogP contribution in [0.2, 0.25) is 0 Å². The van der Waals surface area contributed by atoms with Gasteiger partial charge in [-0.2, -0.15) is 0 Å². The molecule has 0 atom stereocenters. The second-order valence-corrected chi connectivity index (χ2v) is 3.11. The summed E-state index contributed by atoms with van der Waals surface area (Å²) in [5, 5.41) is 0. The van der Waals surface area contributed by atoms with Gasteiger partial charge in [-0.3, -0.25) is 9.78 Å². The molecular formula is C9H12Cl2N2O. The van der Waals surface area contributed by atoms with Gasteiger partial charge in [-0.25, -0.2) is 0 Å². The molecule has 3 nitrogen and oxygen atoms in total. The zero-order valence-corrected chi connectivity index (χ0v) is 9.60. The number of rotatable bonds is 2. The summed E-state index contributed by atoms with van der Waals surface area (Å²) in [6, 6.07) is 3.57. The van der Waals surface area contributed by atoms with Crippen molar-refractivity contribution in [2.75, 3.05) is 14.1 Å². The molecular weight excluding hydrogens is 223 g/mol. The smallest absolute Gasteiger partial charge is 0.272 e. The highest BCUT2D eigenvalue weighted by atomic mass is 35.5. The molecule has 0 saturated heterocycles. The number of nitrogens with zero attached hydrogens (tertiary/aromatic N) is 2. The number of alkyl halides is 1. The number of pyridine rings is 1. The standard InChI is InChI=1S/C9H11ClN2O.ClH/c1-12(2)9(13)8-7(6-10)4-3-5-11-8;/h3-5H,6H2,1-2H3;1H. The lowest BCUT2D eigenvalue weighted by atomic mass is 10.2. The van der Waals surface area contributed by atoms with Crippen molar-refractivity contribution in [1.29, 1.82) is 0 Å². The van der Waals surface area contributed by atoms with Gasteiger partial charge in [0, 0.05) is 26.2 Å². The topological polar surface area (TPSA) is 33.2 Å². The van der Waals surface area contributed by atoms with Gasteiger partial charge in [0.05, 0.1) is 0 Å². The fourth-order valence-electron chi connectivity index (χ4n) is 0.951. The van der Waals surface area contributed by atoms with E-state index in [2.05, 4.69) is 4.98 Å². The number of aromatic nitrogens is 1. The van der Waals surface area contributed by atoms with Gasteiger partial charge in [0.2, 0.25) is 0 Å². The maximum Gasteiger partial charge on any atom is 0.272 e. The Labute approximate surface area is 94.5 Å². The van der Waals surface area contributed by atoms with Crippen molar-refractivity contribution in [3.8, 4) is 0 Å². The molecule has 1 heterocycles. The van der Waals surface area contributed by atoms with E-state index in [0.717, 1.165) is 5.56 Å². The van der Waals surface area contributed by atoms with Crippen LogP contribution < -0.4 is 0 Å². The number of carbonyl (C=O) groups is 1. The predicted molar refractivity (Wildman–Crippen MR) is 59.1 cm³/mol. The van der Waals surface area contributed by atoms with Crippen molar-refractivity contribution in [3.63, 3.8) is 0 Å². The maximum atomic E-state index is 11.5. The summed E-state index contributed by atoms with van der Waals surface area (Å²) in [7, 11) is 3.38. The summed E-state index contributed by atoms with van der Waals surface area (Å²) < 4.78 is 0. The van der Waals surface area contributed by atoms with Crippen LogP contribution in [0.1, 0.15) is 16.1 Å². The van der Waals surface area contributed by atoms with Crippen LogP contribution in [-0.4, -0.2) is 29.9 Å². The average Bonchev–Trinajstić information content (AvgIpc) is 2.16. The molecule has 1 amide bonds. The van der Waals surface area contributed by atoms with Crippen molar-refractivity contribution in [3.05, 3.63) is 29.6 Å². The Balaban J connectivity index is 0.00000169. The Morgan fingerprint density at radius 2 is 2.21 bits per heavy atom. The average molecular weight is 235 g/mol. The van der Waals surface area contributed by atoms with E-state index in [1.807, 2.05) is 0 Å². The Bertz CT molecular complexity index is 315. The summed E-state index contributed by atoms with van der Waals surface area (Å²) in [6.07, 6.45) is 1.59. The van der Waals surface area contributed by atoms with Gasteiger partial charge in [0.25, 0.3) is 5.91 Å². The quantitative estimate of drug-likeness (QED) is 0.734. The molecule has 0 N–H and O–H groups in total. The normalized spacial score (nSPS) is 9.07. The summed E-state index contributed by atoms with van der Waals surface area (Å²) in [6.45, 7) is 0. The van der Waals surface area contributed by atoms with Crippen LogP contribution >= 0.6 is 24.0 Å². The minimum atomic E-state index is -0.115. The van der Waals surface area contributed by atoms with E-state index >= 15 is 0 Å². The molecule has 0 aromatic carbocycles. The van der Waals surface area contributed by atoms with Crippen molar-refractivity contribution in [2.24, 2.45) is 0 Å². The minimum absolute atomic E-state index is 0. The second-order valence-electron chi connectivity index (χ2n) is 2.84. The van der Waals surface area contributed by atoms with E-state index < -0.39 is 0 Å². The van der Waals surface area contributed by atoms with Gasteiger partial charge >= 0.3 is 0 Å². The summed E-state index contributed by atoms with van der Waals surface area (Å²) >= 11 is 5.67. The molecule has 1 aromatic rings. The SMILES string of the molecule is CN(C)C(=O)c1ncccc1CCl.Cl. The molecule has 1 aromatic heterocycles. The molecule has 0 radical (unpaired) electrons. The van der Waals surface area contributed by atoms with Crippen LogP contribution in [0.25, 0.3) is 0 Å². The van der Waals surface area contributed by atoms with E-state index in [0.29, 0.717) is 11.6 Å². The Morgan fingerprint density at radius 1 is 1.57 bits per heavy atom. The summed E-state index contributed by atoms with van der Waals surface area (Å²) in [5.74, 6) is 0.194. The number of halogens is 2. The second kappa shape index (κ2) is 5.83. The van der Waals surface area contributed by atoms with Crippen LogP contribution in [0.3, 0.4) is 0 Å². The van der Waals surface area contributed by atoms with E-state index in [1.54, 1.807) is 32.4 Å². The molecule has 14 heavy (non-hydrogen) atoms. The minimum Gasteiger partial charge on any atom is -0.343 e. The molecule has 0 bridgehead atoms. The zero-order chi connectivity index (χ0) is 9.84. The first-order chi connectivity index (χ1) is 6.16. The van der Waals surface area contributed by atoms with Crippen molar-refractivity contribution >= 4 is 29.9 Å². The number of hydrogen-bond acceptors (Lipinski definition) is 2. The van der Waals surface area contributed by atoms with Gasteiger partial charge in [0.15, 0.2) is 0 Å². The molecule has 0 unspecified atom stereocenters. The fourth-order valence-corrected chi connectivity index (χ4v) is 1.17. The molecule has 5 heteroatoms. The summed E-state index contributed by atoms with van der Waals surface area (Å²) in [5.41, 5.74) is 1.20. The van der Waals surface area contributed by atoms with Crippen LogP contribution in [0.15, 0.2) is 18.3 Å². The molecule has 0 spiro atoms. The highest BCUT2D eigenvalue weighted by Gasteiger charge is 2.13. The van der Waals surface area contributed by atoms with E-state index in [9.17, 15) is 4.79 Å². The van der Waals surface area contributed by atoms with Gasteiger partial charge in [-0.15, -0.1) is 24.0 Å².